The van der Waals surface area contributed by atoms with E-state index in [2.05, 4.69) is 39.7 Å². The van der Waals surface area contributed by atoms with Gasteiger partial charge in [0.1, 0.15) is 6.61 Å². The summed E-state index contributed by atoms with van der Waals surface area (Å²) in [5.41, 5.74) is 3.24. The lowest BCUT2D eigenvalue weighted by atomic mass is 9.74. The third kappa shape index (κ3) is 3.19. The highest BCUT2D eigenvalue weighted by molar-refractivity contribution is 5.74. The van der Waals surface area contributed by atoms with Gasteiger partial charge in [0, 0.05) is 26.1 Å². The van der Waals surface area contributed by atoms with E-state index in [1.807, 2.05) is 4.90 Å². The fraction of sp³-hybridized carbons (Fsp3) is 0.526. The summed E-state index contributed by atoms with van der Waals surface area (Å²) in [4.78, 5) is 18.3. The van der Waals surface area contributed by atoms with E-state index in [-0.39, 0.29) is 23.9 Å². The minimum Gasteiger partial charge on any atom is -0.387 e. The van der Waals surface area contributed by atoms with Crippen LogP contribution >= 0.6 is 0 Å². The van der Waals surface area contributed by atoms with Crippen LogP contribution in [0.15, 0.2) is 28.8 Å². The standard InChI is InChI=1S/C19H24N4O3/c24-13-17-21-16(22-26-17)6-10-20-18(25)23-11-8-19(9-12-23)7-5-14-3-1-2-4-15(14)19/h1-4,24H,5-13H2,(H,20,25). The lowest BCUT2D eigenvalue weighted by molar-refractivity contribution is 0.157. The molecule has 2 aliphatic rings. The van der Waals surface area contributed by atoms with Crippen molar-refractivity contribution in [2.24, 2.45) is 0 Å². The van der Waals surface area contributed by atoms with Crippen LogP contribution in [0.2, 0.25) is 0 Å². The number of aliphatic hydroxyl groups excluding tert-OH is 1. The smallest absolute Gasteiger partial charge is 0.317 e. The van der Waals surface area contributed by atoms with E-state index >= 15 is 0 Å². The summed E-state index contributed by atoms with van der Waals surface area (Å²) >= 11 is 0. The molecule has 1 spiro atoms. The molecule has 1 aliphatic heterocycles. The van der Waals surface area contributed by atoms with Crippen molar-refractivity contribution in [1.82, 2.24) is 20.4 Å². The minimum atomic E-state index is -0.266. The van der Waals surface area contributed by atoms with Gasteiger partial charge in [-0.2, -0.15) is 4.98 Å². The van der Waals surface area contributed by atoms with E-state index in [1.165, 1.54) is 17.5 Å². The Morgan fingerprint density at radius 1 is 1.27 bits per heavy atom. The number of fused-ring (bicyclic) bond motifs is 2. The van der Waals surface area contributed by atoms with Crippen molar-refractivity contribution >= 4 is 6.03 Å². The zero-order chi connectivity index (χ0) is 18.0. The molecular formula is C19H24N4O3. The normalized spacial score (nSPS) is 18.1. The Bertz CT molecular complexity index is 781. The van der Waals surface area contributed by atoms with Gasteiger partial charge in [-0.3, -0.25) is 0 Å². The van der Waals surface area contributed by atoms with Crippen LogP contribution in [-0.4, -0.2) is 45.8 Å². The Morgan fingerprint density at radius 3 is 2.85 bits per heavy atom. The monoisotopic (exact) mass is 356 g/mol. The largest absolute Gasteiger partial charge is 0.387 e. The van der Waals surface area contributed by atoms with E-state index in [0.717, 1.165) is 32.4 Å². The molecule has 7 nitrogen and oxygen atoms in total. The zero-order valence-electron chi connectivity index (χ0n) is 14.8. The molecule has 138 valence electrons. The second-order valence-corrected chi connectivity index (χ2v) is 7.17. The van der Waals surface area contributed by atoms with Gasteiger partial charge < -0.3 is 19.8 Å². The highest BCUT2D eigenvalue weighted by Crippen LogP contribution is 2.46. The summed E-state index contributed by atoms with van der Waals surface area (Å²) in [6, 6.07) is 8.73. The summed E-state index contributed by atoms with van der Waals surface area (Å²) in [7, 11) is 0. The van der Waals surface area contributed by atoms with Crippen LogP contribution in [0.3, 0.4) is 0 Å². The molecule has 1 fully saturated rings. The quantitative estimate of drug-likeness (QED) is 0.871. The minimum absolute atomic E-state index is 0.0305. The fourth-order valence-corrected chi connectivity index (χ4v) is 4.27. The molecule has 2 heterocycles. The van der Waals surface area contributed by atoms with Gasteiger partial charge in [-0.1, -0.05) is 29.4 Å². The Balaban J connectivity index is 1.27. The number of piperidine rings is 1. The van der Waals surface area contributed by atoms with Crippen molar-refractivity contribution in [2.45, 2.75) is 44.1 Å². The predicted octanol–water partition coefficient (Wildman–Crippen LogP) is 1.79. The Morgan fingerprint density at radius 2 is 2.08 bits per heavy atom. The van der Waals surface area contributed by atoms with Gasteiger partial charge in [-0.05, 0) is 42.2 Å². The molecular weight excluding hydrogens is 332 g/mol. The molecule has 0 radical (unpaired) electrons. The van der Waals surface area contributed by atoms with Crippen LogP contribution in [0.25, 0.3) is 0 Å². The number of benzene rings is 1. The molecule has 2 amide bonds. The van der Waals surface area contributed by atoms with Crippen LogP contribution in [0.1, 0.15) is 42.1 Å². The van der Waals surface area contributed by atoms with Gasteiger partial charge in [0.25, 0.3) is 5.89 Å². The van der Waals surface area contributed by atoms with E-state index in [0.29, 0.717) is 18.8 Å². The van der Waals surface area contributed by atoms with Crippen molar-refractivity contribution < 1.29 is 14.4 Å². The molecule has 0 saturated carbocycles. The molecule has 2 aromatic rings. The first-order valence-corrected chi connectivity index (χ1v) is 9.24. The Kier molecular flexibility index (Phi) is 4.63. The maximum atomic E-state index is 12.4. The number of nitrogens with zero attached hydrogens (tertiary/aromatic N) is 3. The van der Waals surface area contributed by atoms with E-state index in [1.54, 1.807) is 0 Å². The molecule has 1 aliphatic carbocycles. The lowest BCUT2D eigenvalue weighted by Crippen LogP contribution is -2.48. The number of carbonyl (C=O) groups excluding carboxylic acids is 1. The summed E-state index contributed by atoms with van der Waals surface area (Å²) in [6.45, 7) is 1.76. The third-order valence-corrected chi connectivity index (χ3v) is 5.74. The zero-order valence-corrected chi connectivity index (χ0v) is 14.8. The van der Waals surface area contributed by atoms with Gasteiger partial charge in [0.05, 0.1) is 0 Å². The molecule has 2 N–H and O–H groups in total. The molecule has 0 bridgehead atoms. The van der Waals surface area contributed by atoms with Crippen molar-refractivity contribution in [3.05, 3.63) is 47.1 Å². The molecule has 1 aromatic heterocycles. The van der Waals surface area contributed by atoms with Crippen molar-refractivity contribution in [1.29, 1.82) is 0 Å². The summed E-state index contributed by atoms with van der Waals surface area (Å²) < 4.78 is 4.84. The summed E-state index contributed by atoms with van der Waals surface area (Å²) in [5, 5.41) is 15.6. The van der Waals surface area contributed by atoms with Crippen LogP contribution < -0.4 is 5.32 Å². The number of urea groups is 1. The first kappa shape index (κ1) is 17.0. The number of hydrogen-bond acceptors (Lipinski definition) is 5. The van der Waals surface area contributed by atoms with E-state index < -0.39 is 0 Å². The highest BCUT2D eigenvalue weighted by Gasteiger charge is 2.41. The molecule has 26 heavy (non-hydrogen) atoms. The van der Waals surface area contributed by atoms with E-state index in [4.69, 9.17) is 9.63 Å². The van der Waals surface area contributed by atoms with Gasteiger partial charge in [-0.15, -0.1) is 0 Å². The summed E-state index contributed by atoms with van der Waals surface area (Å²) in [5.74, 6) is 0.694. The van der Waals surface area contributed by atoms with Crippen LogP contribution in [-0.2, 0) is 24.9 Å². The number of aryl methyl sites for hydroxylation is 1. The maximum Gasteiger partial charge on any atom is 0.317 e. The SMILES string of the molecule is O=C(NCCc1noc(CO)n1)N1CCC2(CCc3ccccc32)CC1. The third-order valence-electron chi connectivity index (χ3n) is 5.74. The number of aliphatic hydroxyl groups is 1. The maximum absolute atomic E-state index is 12.4. The fourth-order valence-electron chi connectivity index (χ4n) is 4.27. The van der Waals surface area contributed by atoms with Gasteiger partial charge in [0.15, 0.2) is 5.82 Å². The molecule has 7 heteroatoms. The summed E-state index contributed by atoms with van der Waals surface area (Å²) in [6.07, 6.45) is 4.90. The van der Waals surface area contributed by atoms with Gasteiger partial charge >= 0.3 is 6.03 Å². The molecule has 0 atom stereocenters. The van der Waals surface area contributed by atoms with Crippen LogP contribution in [0.4, 0.5) is 4.79 Å². The topological polar surface area (TPSA) is 91.5 Å². The number of aromatic nitrogens is 2. The molecule has 1 saturated heterocycles. The number of rotatable bonds is 4. The second kappa shape index (κ2) is 7.07. The lowest BCUT2D eigenvalue weighted by Gasteiger charge is -2.40. The highest BCUT2D eigenvalue weighted by atomic mass is 16.5. The van der Waals surface area contributed by atoms with E-state index in [9.17, 15) is 4.79 Å². The second-order valence-electron chi connectivity index (χ2n) is 7.17. The van der Waals surface area contributed by atoms with Crippen molar-refractivity contribution in [3.63, 3.8) is 0 Å². The van der Waals surface area contributed by atoms with Crippen LogP contribution in [0, 0.1) is 0 Å². The first-order valence-electron chi connectivity index (χ1n) is 9.24. The van der Waals surface area contributed by atoms with Crippen LogP contribution in [0.5, 0.6) is 0 Å². The van der Waals surface area contributed by atoms with Crippen molar-refractivity contribution in [2.75, 3.05) is 19.6 Å². The molecule has 4 rings (SSSR count). The number of carbonyl (C=O) groups is 1. The average Bonchev–Trinajstić information content (AvgIpc) is 3.28. The molecule has 0 unspecified atom stereocenters. The number of nitrogens with one attached hydrogen (secondary N) is 1. The Hall–Kier alpha value is -2.41. The van der Waals surface area contributed by atoms with Gasteiger partial charge in [0.2, 0.25) is 0 Å². The van der Waals surface area contributed by atoms with Crippen molar-refractivity contribution in [3.8, 4) is 0 Å². The first-order chi connectivity index (χ1) is 12.7. The molecule has 1 aromatic carbocycles. The number of hydrogen-bond donors (Lipinski definition) is 2. The number of likely N-dealkylation sites (tertiary alicyclic amines) is 1. The average molecular weight is 356 g/mol. The van der Waals surface area contributed by atoms with Gasteiger partial charge in [-0.25, -0.2) is 4.79 Å². The Labute approximate surface area is 152 Å². The predicted molar refractivity (Wildman–Crippen MR) is 94.6 cm³/mol. The number of amides is 2.